The molecular weight excluding hydrogens is 219 g/mol. The fourth-order valence-corrected chi connectivity index (χ4v) is 1.70. The number of H-pyrrole nitrogens is 1. The third kappa shape index (κ3) is 1.91. The van der Waals surface area contributed by atoms with Crippen LogP contribution in [-0.2, 0) is 4.74 Å². The van der Waals surface area contributed by atoms with Crippen LogP contribution in [0.15, 0.2) is 15.8 Å². The van der Waals surface area contributed by atoms with Gasteiger partial charge in [-0.3, -0.25) is 14.3 Å². The van der Waals surface area contributed by atoms with Crippen LogP contribution in [0.25, 0.3) is 0 Å². The average Bonchev–Trinajstić information content (AvgIpc) is 2.71. The first-order valence-corrected chi connectivity index (χ1v) is 4.89. The monoisotopic (exact) mass is 230 g/mol. The lowest BCUT2D eigenvalue weighted by molar-refractivity contribution is -0.0250. The van der Waals surface area contributed by atoms with Crippen molar-refractivity contribution < 1.29 is 14.2 Å². The van der Waals surface area contributed by atoms with E-state index in [1.165, 1.54) is 0 Å². The van der Waals surface area contributed by atoms with Gasteiger partial charge in [0, 0.05) is 0 Å². The number of ether oxygens (including phenoxy) is 1. The first kappa shape index (κ1) is 11.0. The second-order valence-corrected chi connectivity index (χ2v) is 3.62. The number of aliphatic hydroxyl groups is 1. The molecule has 0 radical (unpaired) electrons. The number of aromatic amines is 1. The Hall–Kier alpha value is -1.47. The molecule has 2 atom stereocenters. The van der Waals surface area contributed by atoms with E-state index in [9.17, 15) is 14.0 Å². The number of rotatable bonds is 2. The van der Waals surface area contributed by atoms with E-state index < -0.39 is 23.3 Å². The van der Waals surface area contributed by atoms with Crippen LogP contribution in [0.3, 0.4) is 0 Å². The fraction of sp³-hybridized carbons (Fsp3) is 0.556. The van der Waals surface area contributed by atoms with Crippen LogP contribution in [0.4, 0.5) is 4.39 Å². The summed E-state index contributed by atoms with van der Waals surface area (Å²) in [6.45, 7) is -0.142. The Morgan fingerprint density at radius 1 is 1.56 bits per heavy atom. The van der Waals surface area contributed by atoms with Crippen molar-refractivity contribution >= 4 is 0 Å². The molecule has 0 aliphatic carbocycles. The molecule has 1 saturated heterocycles. The molecule has 1 fully saturated rings. The molecule has 7 heteroatoms. The van der Waals surface area contributed by atoms with Crippen LogP contribution < -0.4 is 11.2 Å². The zero-order valence-electron chi connectivity index (χ0n) is 8.35. The molecule has 2 unspecified atom stereocenters. The molecule has 1 aromatic rings. The van der Waals surface area contributed by atoms with E-state index in [4.69, 9.17) is 9.84 Å². The zero-order valence-corrected chi connectivity index (χ0v) is 8.35. The summed E-state index contributed by atoms with van der Waals surface area (Å²) in [5.41, 5.74) is -1.76. The van der Waals surface area contributed by atoms with E-state index >= 15 is 0 Å². The number of aromatic nitrogens is 2. The van der Waals surface area contributed by atoms with Crippen LogP contribution in [0.5, 0.6) is 0 Å². The van der Waals surface area contributed by atoms with Crippen LogP contribution in [-0.4, -0.2) is 27.4 Å². The Morgan fingerprint density at radius 2 is 2.31 bits per heavy atom. The predicted octanol–water partition coefficient (Wildman–Crippen LogP) is -0.654. The quantitative estimate of drug-likeness (QED) is 0.706. The predicted molar refractivity (Wildman–Crippen MR) is 51.5 cm³/mol. The maximum atomic E-state index is 13.0. The average molecular weight is 230 g/mol. The Morgan fingerprint density at radius 3 is 2.94 bits per heavy atom. The molecule has 0 spiro atoms. The molecule has 2 rings (SSSR count). The molecule has 1 aliphatic rings. The van der Waals surface area contributed by atoms with Gasteiger partial charge >= 0.3 is 5.69 Å². The van der Waals surface area contributed by atoms with Gasteiger partial charge in [-0.2, -0.15) is 4.39 Å². The maximum Gasteiger partial charge on any atom is 0.330 e. The van der Waals surface area contributed by atoms with E-state index in [1.807, 2.05) is 4.98 Å². The molecular formula is C9H11FN2O4. The van der Waals surface area contributed by atoms with Gasteiger partial charge in [0.1, 0.15) is 6.23 Å². The minimum Gasteiger partial charge on any atom is -0.394 e. The second-order valence-electron chi connectivity index (χ2n) is 3.62. The Bertz CT molecular complexity index is 495. The zero-order chi connectivity index (χ0) is 11.7. The summed E-state index contributed by atoms with van der Waals surface area (Å²) in [6, 6.07) is 0. The van der Waals surface area contributed by atoms with Crippen LogP contribution in [0, 0.1) is 5.82 Å². The van der Waals surface area contributed by atoms with Gasteiger partial charge < -0.3 is 9.84 Å². The molecule has 0 saturated carbocycles. The largest absolute Gasteiger partial charge is 0.394 e. The van der Waals surface area contributed by atoms with Crippen molar-refractivity contribution in [3.63, 3.8) is 0 Å². The first-order valence-electron chi connectivity index (χ1n) is 4.89. The molecule has 0 aromatic carbocycles. The molecule has 2 N–H and O–H groups in total. The van der Waals surface area contributed by atoms with E-state index in [-0.39, 0.29) is 12.7 Å². The lowest BCUT2D eigenvalue weighted by atomic mass is 10.2. The van der Waals surface area contributed by atoms with E-state index in [0.717, 1.165) is 10.8 Å². The summed E-state index contributed by atoms with van der Waals surface area (Å²) >= 11 is 0. The van der Waals surface area contributed by atoms with Crippen molar-refractivity contribution in [1.29, 1.82) is 0 Å². The van der Waals surface area contributed by atoms with E-state index in [1.54, 1.807) is 0 Å². The van der Waals surface area contributed by atoms with Crippen molar-refractivity contribution in [2.24, 2.45) is 0 Å². The first-order chi connectivity index (χ1) is 7.61. The lowest BCUT2D eigenvalue weighted by Gasteiger charge is -2.14. The highest BCUT2D eigenvalue weighted by atomic mass is 19.1. The molecule has 2 heterocycles. The summed E-state index contributed by atoms with van der Waals surface area (Å²) in [6.07, 6.45) is 0.944. The Labute approximate surface area is 89.3 Å². The van der Waals surface area contributed by atoms with Gasteiger partial charge in [0.25, 0.3) is 5.56 Å². The molecule has 6 nitrogen and oxygen atoms in total. The summed E-state index contributed by atoms with van der Waals surface area (Å²) in [4.78, 5) is 24.0. The van der Waals surface area contributed by atoms with Gasteiger partial charge in [0.2, 0.25) is 5.82 Å². The van der Waals surface area contributed by atoms with Gasteiger partial charge in [-0.25, -0.2) is 4.79 Å². The minimum absolute atomic E-state index is 0.142. The molecule has 1 aliphatic heterocycles. The number of aliphatic hydroxyl groups excluding tert-OH is 1. The lowest BCUT2D eigenvalue weighted by Crippen LogP contribution is -2.34. The van der Waals surface area contributed by atoms with Crippen molar-refractivity contribution in [3.8, 4) is 0 Å². The third-order valence-electron chi connectivity index (χ3n) is 2.52. The molecule has 0 bridgehead atoms. The standard InChI is InChI=1S/C9H11FN2O4/c10-6-3-12(9(15)11-8(6)14)7-2-1-5(4-13)16-7/h3,5,7,13H,1-2,4H2,(H,11,14,15). The highest BCUT2D eigenvalue weighted by Crippen LogP contribution is 2.26. The molecule has 88 valence electrons. The topological polar surface area (TPSA) is 84.3 Å². The number of hydrogen-bond acceptors (Lipinski definition) is 4. The normalized spacial score (nSPS) is 24.9. The molecule has 1 aromatic heterocycles. The Balaban J connectivity index is 2.32. The van der Waals surface area contributed by atoms with Gasteiger partial charge in [-0.15, -0.1) is 0 Å². The summed E-state index contributed by atoms with van der Waals surface area (Å²) in [7, 11) is 0. The highest BCUT2D eigenvalue weighted by Gasteiger charge is 2.27. The van der Waals surface area contributed by atoms with Crippen molar-refractivity contribution in [3.05, 3.63) is 32.9 Å². The minimum atomic E-state index is -1.04. The SMILES string of the molecule is O=c1[nH]c(=O)n(C2CCC(CO)O2)cc1F. The van der Waals surface area contributed by atoms with Crippen LogP contribution in [0.1, 0.15) is 19.1 Å². The third-order valence-corrected chi connectivity index (χ3v) is 2.52. The van der Waals surface area contributed by atoms with Gasteiger partial charge in [0.05, 0.1) is 18.9 Å². The second kappa shape index (κ2) is 4.18. The van der Waals surface area contributed by atoms with Crippen LogP contribution >= 0.6 is 0 Å². The number of hydrogen-bond donors (Lipinski definition) is 2. The number of halogens is 1. The number of nitrogens with zero attached hydrogens (tertiary/aromatic N) is 1. The van der Waals surface area contributed by atoms with Gasteiger partial charge in [-0.1, -0.05) is 0 Å². The van der Waals surface area contributed by atoms with Crippen molar-refractivity contribution in [2.75, 3.05) is 6.61 Å². The van der Waals surface area contributed by atoms with Crippen molar-refractivity contribution in [2.45, 2.75) is 25.2 Å². The summed E-state index contributed by atoms with van der Waals surface area (Å²) in [5, 5.41) is 8.85. The summed E-state index contributed by atoms with van der Waals surface area (Å²) in [5.74, 6) is -1.03. The summed E-state index contributed by atoms with van der Waals surface area (Å²) < 4.78 is 19.3. The maximum absolute atomic E-state index is 13.0. The number of nitrogens with one attached hydrogen (secondary N) is 1. The Kier molecular flexibility index (Phi) is 2.88. The smallest absolute Gasteiger partial charge is 0.330 e. The van der Waals surface area contributed by atoms with E-state index in [0.29, 0.717) is 12.8 Å². The van der Waals surface area contributed by atoms with Crippen LogP contribution in [0.2, 0.25) is 0 Å². The van der Waals surface area contributed by atoms with E-state index in [2.05, 4.69) is 0 Å². The highest BCUT2D eigenvalue weighted by molar-refractivity contribution is 4.89. The fourth-order valence-electron chi connectivity index (χ4n) is 1.70. The van der Waals surface area contributed by atoms with Crippen molar-refractivity contribution in [1.82, 2.24) is 9.55 Å². The molecule has 16 heavy (non-hydrogen) atoms. The molecule has 0 amide bonds. The van der Waals surface area contributed by atoms with Gasteiger partial charge in [-0.05, 0) is 12.8 Å². The van der Waals surface area contributed by atoms with Gasteiger partial charge in [0.15, 0.2) is 0 Å².